The zero-order valence-corrected chi connectivity index (χ0v) is 59.4. The van der Waals surface area contributed by atoms with E-state index in [1.54, 1.807) is 116 Å². The molecule has 1 saturated heterocycles. The van der Waals surface area contributed by atoms with E-state index in [1.807, 2.05) is 0 Å². The van der Waals surface area contributed by atoms with Crippen molar-refractivity contribution in [2.45, 2.75) is 281 Å². The van der Waals surface area contributed by atoms with Gasteiger partial charge in [0.15, 0.2) is 0 Å². The number of piperidine rings is 1. The minimum Gasteiger partial charge on any atom is -0.648 e. The molecule has 6 nitrogen and oxygen atoms in total. The van der Waals surface area contributed by atoms with E-state index in [1.165, 1.54) is 135 Å². The molecule has 0 aromatic heterocycles. The average molecular weight is 1260 g/mol. The molecule has 16 saturated carbocycles. The van der Waals surface area contributed by atoms with E-state index < -0.39 is 0 Å². The second-order valence-electron chi connectivity index (χ2n) is 36.2. The van der Waals surface area contributed by atoms with Gasteiger partial charge in [-0.1, -0.05) is 127 Å². The van der Waals surface area contributed by atoms with E-state index >= 15 is 0 Å². The van der Waals surface area contributed by atoms with Crippen LogP contribution in [0.4, 0.5) is 0 Å². The van der Waals surface area contributed by atoms with Crippen molar-refractivity contribution in [2.24, 2.45) is 186 Å². The van der Waals surface area contributed by atoms with Crippen molar-refractivity contribution >= 4 is 24.9 Å². The van der Waals surface area contributed by atoms with Gasteiger partial charge in [-0.3, -0.25) is 20.0 Å². The first-order valence-electron chi connectivity index (χ1n) is 40.7. The van der Waals surface area contributed by atoms with Crippen molar-refractivity contribution in [2.75, 3.05) is 26.2 Å². The van der Waals surface area contributed by atoms with Gasteiger partial charge in [-0.05, 0) is 351 Å². The molecule has 18 rings (SSSR count). The van der Waals surface area contributed by atoms with Gasteiger partial charge in [-0.15, -0.1) is 6.08 Å². The maximum Gasteiger partial charge on any atom is 2.00 e. The standard InChI is InChI=1S/C41H64N3.C41H62N3.Zn/c2*1-4-26-10-12-30-14-16-32(36-20-18-28(6-1)38(26)40(30)36)22-42-24-34-8-3-9-35(44-34)25-43-23-33-17-15-31-13-11-27-5-2-7-29-19-21-37(33)41(31)39(27)29;/h24-41H,1-23H2;3,8,24-41H,1-2,4-7,9-23H2;/q2*-1;+2. The third-order valence-electron chi connectivity index (χ3n) is 33.0. The van der Waals surface area contributed by atoms with Crippen LogP contribution in [0.3, 0.4) is 0 Å². The molecule has 0 amide bonds. The molecule has 0 aromatic rings. The zero-order valence-electron chi connectivity index (χ0n) is 56.4. The Kier molecular flexibility index (Phi) is 19.9. The Morgan fingerprint density at radius 2 is 0.517 bits per heavy atom. The number of rotatable bonds is 12. The second kappa shape index (κ2) is 28.2. The molecule has 0 radical (unpaired) electrons. The summed E-state index contributed by atoms with van der Waals surface area (Å²) in [4.78, 5) is 20.7. The van der Waals surface area contributed by atoms with Crippen LogP contribution in [0, 0.1) is 166 Å². The van der Waals surface area contributed by atoms with Crippen LogP contribution < -0.4 is 0 Å². The van der Waals surface area contributed by atoms with Gasteiger partial charge in [0, 0.05) is 26.2 Å². The Labute approximate surface area is 556 Å². The summed E-state index contributed by atoms with van der Waals surface area (Å²) < 4.78 is 0. The quantitative estimate of drug-likeness (QED) is 0.106. The molecule has 0 aromatic carbocycles. The summed E-state index contributed by atoms with van der Waals surface area (Å²) in [7, 11) is 0. The fourth-order valence-corrected chi connectivity index (χ4v) is 29.8. The molecule has 18 aliphatic rings. The largest absolute Gasteiger partial charge is 2.00 e. The molecule has 0 N–H and O–H groups in total. The summed E-state index contributed by atoms with van der Waals surface area (Å²) in [6.07, 6.45) is 73.4. The molecule has 89 heavy (non-hydrogen) atoms. The summed E-state index contributed by atoms with van der Waals surface area (Å²) in [6, 6.07) is 1.07. The van der Waals surface area contributed by atoms with Crippen LogP contribution in [-0.4, -0.2) is 75.2 Å². The van der Waals surface area contributed by atoms with E-state index in [2.05, 4.69) is 37.0 Å². The number of hydrogen-bond acceptors (Lipinski definition) is 4. The van der Waals surface area contributed by atoms with Gasteiger partial charge in [0.05, 0.1) is 0 Å². The van der Waals surface area contributed by atoms with Crippen molar-refractivity contribution in [3.05, 3.63) is 22.8 Å². The van der Waals surface area contributed by atoms with Gasteiger partial charge >= 0.3 is 19.5 Å². The molecule has 7 heteroatoms. The zero-order chi connectivity index (χ0) is 58.1. The van der Waals surface area contributed by atoms with Crippen LogP contribution in [0.5, 0.6) is 0 Å². The normalized spacial score (nSPS) is 52.5. The smallest absolute Gasteiger partial charge is 0.648 e. The summed E-state index contributed by atoms with van der Waals surface area (Å²) in [6.45, 7) is 4.31. The monoisotopic (exact) mass is 1260 g/mol. The molecule has 17 fully saturated rings. The van der Waals surface area contributed by atoms with E-state index in [-0.39, 0.29) is 31.6 Å². The molecule has 0 bridgehead atoms. The van der Waals surface area contributed by atoms with Gasteiger partial charge in [-0.25, -0.2) is 0 Å². The first-order valence-corrected chi connectivity index (χ1v) is 40.7. The van der Waals surface area contributed by atoms with Crippen molar-refractivity contribution in [1.29, 1.82) is 0 Å². The van der Waals surface area contributed by atoms with Crippen molar-refractivity contribution in [1.82, 2.24) is 0 Å². The van der Waals surface area contributed by atoms with Crippen molar-refractivity contribution in [3.8, 4) is 0 Å². The van der Waals surface area contributed by atoms with Gasteiger partial charge in [-0.2, -0.15) is 0 Å². The molecular weight excluding hydrogens is 1130 g/mol. The maximum atomic E-state index is 5.28. The number of nitrogens with zero attached hydrogens (tertiary/aromatic N) is 6. The Morgan fingerprint density at radius 1 is 0.258 bits per heavy atom. The third-order valence-corrected chi connectivity index (χ3v) is 33.0. The van der Waals surface area contributed by atoms with E-state index in [9.17, 15) is 0 Å². The minimum atomic E-state index is 0. The number of aliphatic imine (C=N–C) groups is 4. The van der Waals surface area contributed by atoms with Crippen molar-refractivity contribution in [3.63, 3.8) is 0 Å². The average Bonchev–Trinajstić information content (AvgIpc) is 1.41. The van der Waals surface area contributed by atoms with Gasteiger partial charge in [0.25, 0.3) is 0 Å². The Bertz CT molecular complexity index is 2380. The first-order chi connectivity index (χ1) is 43.6. The molecule has 2 heterocycles. The molecule has 32 unspecified atom stereocenters. The second-order valence-corrected chi connectivity index (χ2v) is 36.2. The maximum absolute atomic E-state index is 5.28. The van der Waals surface area contributed by atoms with Crippen molar-refractivity contribution < 1.29 is 19.5 Å². The van der Waals surface area contributed by atoms with Crippen LogP contribution >= 0.6 is 0 Å². The summed E-state index contributed by atoms with van der Waals surface area (Å²) in [5.74, 6) is 28.8. The Hall–Kier alpha value is -1.04. The van der Waals surface area contributed by atoms with Gasteiger partial charge in [0.2, 0.25) is 0 Å². The fourth-order valence-electron chi connectivity index (χ4n) is 29.8. The molecule has 486 valence electrons. The van der Waals surface area contributed by atoms with Gasteiger partial charge < -0.3 is 10.6 Å². The van der Waals surface area contributed by atoms with E-state index in [0.717, 1.165) is 198 Å². The van der Waals surface area contributed by atoms with Crippen LogP contribution in [0.1, 0.15) is 257 Å². The summed E-state index contributed by atoms with van der Waals surface area (Å²) in [5.41, 5.74) is 0. The molecule has 0 spiro atoms. The third kappa shape index (κ3) is 12.6. The molecular formula is C82H126N6Zn. The van der Waals surface area contributed by atoms with Crippen LogP contribution in [0.2, 0.25) is 0 Å². The first kappa shape index (κ1) is 62.7. The van der Waals surface area contributed by atoms with E-state index in [4.69, 9.17) is 30.6 Å². The van der Waals surface area contributed by atoms with Crippen LogP contribution in [-0.2, 0) is 19.5 Å². The minimum absolute atomic E-state index is 0. The number of hydrogen-bond donors (Lipinski definition) is 0. The SMILES string of the molecule is C(=NCC1CCC2CCC3CCCC4CCC1C2C34)C1CCCC(C=NCC2CCC3CCC4CCCC5CCC2C3C45)[N-]1.C1=CC(C=NCC2CCC3CCC4CCCC5CCC2C3C45)[N-]C(C=NCC2CCC3CCC4CCCC5CCC2C3C45)C1.[Zn+2]. The van der Waals surface area contributed by atoms with Crippen LogP contribution in [0.25, 0.3) is 10.6 Å². The van der Waals surface area contributed by atoms with E-state index in [0.29, 0.717) is 12.1 Å². The Morgan fingerprint density at radius 3 is 0.843 bits per heavy atom. The summed E-state index contributed by atoms with van der Waals surface area (Å²) in [5, 5.41) is 10.5. The predicted molar refractivity (Wildman–Crippen MR) is 367 cm³/mol. The molecule has 16 aliphatic carbocycles. The van der Waals surface area contributed by atoms with Crippen LogP contribution in [0.15, 0.2) is 32.1 Å². The molecule has 2 aliphatic heterocycles. The summed E-state index contributed by atoms with van der Waals surface area (Å²) >= 11 is 0. The Balaban J connectivity index is 0.000000141. The predicted octanol–water partition coefficient (Wildman–Crippen LogP) is 20.1. The molecule has 32 atom stereocenters. The van der Waals surface area contributed by atoms with Gasteiger partial charge in [0.1, 0.15) is 0 Å². The topological polar surface area (TPSA) is 77.6 Å². The fraction of sp³-hybridized carbons (Fsp3) is 0.927.